The van der Waals surface area contributed by atoms with Crippen LogP contribution in [0.1, 0.15) is 30.6 Å². The first-order valence-electron chi connectivity index (χ1n) is 6.15. The maximum Gasteiger partial charge on any atom is 0.418 e. The van der Waals surface area contributed by atoms with Crippen molar-refractivity contribution in [3.8, 4) is 0 Å². The smallest absolute Gasteiger partial charge is 0.418 e. The summed E-state index contributed by atoms with van der Waals surface area (Å²) >= 11 is 0. The lowest BCUT2D eigenvalue weighted by Gasteiger charge is -2.19. The molecular formula is C13H16F3NO4. The van der Waals surface area contributed by atoms with Gasteiger partial charge >= 0.3 is 12.1 Å². The number of carbonyl (C=O) groups is 1. The lowest BCUT2D eigenvalue weighted by Crippen LogP contribution is -2.23. The van der Waals surface area contributed by atoms with E-state index in [0.29, 0.717) is 6.07 Å². The minimum atomic E-state index is -4.67. The van der Waals surface area contributed by atoms with Crippen LogP contribution in [0.15, 0.2) is 18.2 Å². The van der Waals surface area contributed by atoms with Gasteiger partial charge in [-0.2, -0.15) is 13.2 Å². The van der Waals surface area contributed by atoms with Gasteiger partial charge in [-0.05, 0) is 24.6 Å². The average molecular weight is 307 g/mol. The summed E-state index contributed by atoms with van der Waals surface area (Å²) in [6, 6.07) is 2.79. The number of benzene rings is 1. The molecule has 0 aromatic heterocycles. The zero-order valence-electron chi connectivity index (χ0n) is 11.2. The molecule has 0 spiro atoms. The van der Waals surface area contributed by atoms with Crippen LogP contribution in [0.25, 0.3) is 0 Å². The van der Waals surface area contributed by atoms with Crippen LogP contribution in [0.2, 0.25) is 0 Å². The second-order valence-corrected chi connectivity index (χ2v) is 4.37. The van der Waals surface area contributed by atoms with E-state index in [-0.39, 0.29) is 12.2 Å². The molecule has 0 heterocycles. The van der Waals surface area contributed by atoms with Crippen molar-refractivity contribution >= 4 is 11.7 Å². The van der Waals surface area contributed by atoms with Gasteiger partial charge in [0.15, 0.2) is 0 Å². The van der Waals surface area contributed by atoms with Gasteiger partial charge in [-0.15, -0.1) is 0 Å². The molecule has 0 saturated heterocycles. The molecule has 1 aromatic carbocycles. The molecule has 0 bridgehead atoms. The molecule has 1 rings (SSSR count). The van der Waals surface area contributed by atoms with Crippen LogP contribution in [0.4, 0.5) is 18.9 Å². The van der Waals surface area contributed by atoms with E-state index in [1.807, 2.05) is 0 Å². The van der Waals surface area contributed by atoms with Crippen LogP contribution in [-0.2, 0) is 15.7 Å². The van der Waals surface area contributed by atoms with Crippen molar-refractivity contribution in [1.82, 2.24) is 0 Å². The van der Waals surface area contributed by atoms with Gasteiger partial charge in [0, 0.05) is 5.69 Å². The molecule has 0 aliphatic carbocycles. The number of esters is 1. The summed E-state index contributed by atoms with van der Waals surface area (Å²) in [4.78, 5) is 11.2. The van der Waals surface area contributed by atoms with Crippen molar-refractivity contribution in [3.05, 3.63) is 29.3 Å². The Morgan fingerprint density at radius 3 is 2.52 bits per heavy atom. The summed E-state index contributed by atoms with van der Waals surface area (Å²) in [5, 5.41) is 19.5. The first-order chi connectivity index (χ1) is 9.66. The fraction of sp³-hybridized carbons (Fsp3) is 0.462. The molecule has 1 aromatic rings. The number of halogens is 3. The van der Waals surface area contributed by atoms with Crippen LogP contribution in [0.5, 0.6) is 0 Å². The van der Waals surface area contributed by atoms with Crippen molar-refractivity contribution in [2.24, 2.45) is 0 Å². The monoisotopic (exact) mass is 307 g/mol. The number of nitrogen functional groups attached to an aromatic ring is 1. The second-order valence-electron chi connectivity index (χ2n) is 4.37. The Hall–Kier alpha value is -1.80. The second kappa shape index (κ2) is 6.77. The van der Waals surface area contributed by atoms with E-state index in [2.05, 4.69) is 4.74 Å². The highest BCUT2D eigenvalue weighted by atomic mass is 19.4. The number of alkyl halides is 3. The first kappa shape index (κ1) is 17.3. The van der Waals surface area contributed by atoms with Gasteiger partial charge in [-0.25, -0.2) is 0 Å². The lowest BCUT2D eigenvalue weighted by molar-refractivity contribution is -0.147. The van der Waals surface area contributed by atoms with E-state index in [0.717, 1.165) is 12.1 Å². The molecule has 0 fully saturated rings. The molecule has 0 saturated carbocycles. The number of aliphatic hydroxyl groups is 2. The number of ether oxygens (including phenoxy) is 1. The zero-order valence-corrected chi connectivity index (χ0v) is 11.2. The summed E-state index contributed by atoms with van der Waals surface area (Å²) < 4.78 is 42.7. The number of anilines is 1. The van der Waals surface area contributed by atoms with Gasteiger partial charge in [0.1, 0.15) is 6.10 Å². The maximum atomic E-state index is 12.7. The summed E-state index contributed by atoms with van der Waals surface area (Å²) in [6.45, 7) is 1.66. The third kappa shape index (κ3) is 4.61. The molecule has 4 N–H and O–H groups in total. The molecule has 0 amide bonds. The third-order valence-corrected chi connectivity index (χ3v) is 2.77. The third-order valence-electron chi connectivity index (χ3n) is 2.77. The van der Waals surface area contributed by atoms with Crippen molar-refractivity contribution < 1.29 is 32.9 Å². The molecule has 21 heavy (non-hydrogen) atoms. The Labute approximate surface area is 119 Å². The number of carbonyl (C=O) groups excluding carboxylic acids is 1. The Morgan fingerprint density at radius 2 is 2.00 bits per heavy atom. The van der Waals surface area contributed by atoms with Gasteiger partial charge in [0.05, 0.1) is 24.7 Å². The van der Waals surface area contributed by atoms with Crippen molar-refractivity contribution in [3.63, 3.8) is 0 Å². The molecule has 8 heteroatoms. The van der Waals surface area contributed by atoms with Crippen LogP contribution >= 0.6 is 0 Å². The number of nitrogens with two attached hydrogens (primary N) is 1. The molecule has 0 aliphatic heterocycles. The SMILES string of the molecule is CCOC(=O)CC(O)C(O)c1ccc(N)c(C(F)(F)F)c1. The fourth-order valence-corrected chi connectivity index (χ4v) is 1.73. The zero-order chi connectivity index (χ0) is 16.2. The highest BCUT2D eigenvalue weighted by Crippen LogP contribution is 2.35. The van der Waals surface area contributed by atoms with E-state index in [1.54, 1.807) is 6.92 Å². The van der Waals surface area contributed by atoms with Gasteiger partial charge in [-0.3, -0.25) is 4.79 Å². The maximum absolute atomic E-state index is 12.7. The quantitative estimate of drug-likeness (QED) is 0.568. The van der Waals surface area contributed by atoms with E-state index in [1.165, 1.54) is 0 Å². The standard InChI is InChI=1S/C13H16F3NO4/c1-2-21-11(19)6-10(18)12(20)7-3-4-9(17)8(5-7)13(14,15)16/h3-5,10,12,18,20H,2,6,17H2,1H3. The predicted octanol–water partition coefficient (Wildman–Crippen LogP) is 1.64. The molecule has 0 radical (unpaired) electrons. The van der Waals surface area contributed by atoms with E-state index in [4.69, 9.17) is 5.73 Å². The van der Waals surface area contributed by atoms with Gasteiger partial charge in [0.2, 0.25) is 0 Å². The molecule has 5 nitrogen and oxygen atoms in total. The Morgan fingerprint density at radius 1 is 1.38 bits per heavy atom. The largest absolute Gasteiger partial charge is 0.466 e. The number of hydrogen-bond donors (Lipinski definition) is 3. The van der Waals surface area contributed by atoms with Gasteiger partial charge < -0.3 is 20.7 Å². The minimum Gasteiger partial charge on any atom is -0.466 e. The normalized spacial score (nSPS) is 14.6. The van der Waals surface area contributed by atoms with E-state index >= 15 is 0 Å². The van der Waals surface area contributed by atoms with Crippen molar-refractivity contribution in [2.75, 3.05) is 12.3 Å². The lowest BCUT2D eigenvalue weighted by atomic mass is 9.99. The highest BCUT2D eigenvalue weighted by Gasteiger charge is 2.34. The van der Waals surface area contributed by atoms with E-state index < -0.39 is 42.0 Å². The van der Waals surface area contributed by atoms with Crippen LogP contribution < -0.4 is 5.73 Å². The van der Waals surface area contributed by atoms with Crippen LogP contribution in [0, 0.1) is 0 Å². The number of hydrogen-bond acceptors (Lipinski definition) is 5. The van der Waals surface area contributed by atoms with Crippen LogP contribution in [0.3, 0.4) is 0 Å². The average Bonchev–Trinajstić information content (AvgIpc) is 2.37. The molecule has 0 aliphatic rings. The Kier molecular flexibility index (Phi) is 5.56. The summed E-state index contributed by atoms with van der Waals surface area (Å²) in [7, 11) is 0. The summed E-state index contributed by atoms with van der Waals surface area (Å²) in [5.74, 6) is -0.754. The first-order valence-corrected chi connectivity index (χ1v) is 6.15. The van der Waals surface area contributed by atoms with Crippen LogP contribution in [-0.4, -0.2) is 28.9 Å². The predicted molar refractivity (Wildman–Crippen MR) is 68.1 cm³/mol. The van der Waals surface area contributed by atoms with Crippen molar-refractivity contribution in [1.29, 1.82) is 0 Å². The molecular weight excluding hydrogens is 291 g/mol. The molecule has 118 valence electrons. The minimum absolute atomic E-state index is 0.0989. The molecule has 2 unspecified atom stereocenters. The Bertz CT molecular complexity index is 505. The molecule has 2 atom stereocenters. The fourth-order valence-electron chi connectivity index (χ4n) is 1.73. The van der Waals surface area contributed by atoms with Gasteiger partial charge in [0.25, 0.3) is 0 Å². The van der Waals surface area contributed by atoms with E-state index in [9.17, 15) is 28.2 Å². The Balaban J connectivity index is 2.92. The number of rotatable bonds is 5. The van der Waals surface area contributed by atoms with Gasteiger partial charge in [-0.1, -0.05) is 6.07 Å². The highest BCUT2D eigenvalue weighted by molar-refractivity contribution is 5.70. The number of aliphatic hydroxyl groups excluding tert-OH is 2. The van der Waals surface area contributed by atoms with Crippen molar-refractivity contribution in [2.45, 2.75) is 31.7 Å². The summed E-state index contributed by atoms with van der Waals surface area (Å²) in [6.07, 6.45) is -8.43. The summed E-state index contributed by atoms with van der Waals surface area (Å²) in [5.41, 5.74) is 3.45. The topological polar surface area (TPSA) is 92.8 Å².